The molecule has 0 heterocycles. The molecular weight excluding hydrogens is 392 g/mol. The van der Waals surface area contributed by atoms with Gasteiger partial charge in [-0.05, 0) is 74.5 Å². The zero-order valence-corrected chi connectivity index (χ0v) is 19.4. The summed E-state index contributed by atoms with van der Waals surface area (Å²) in [6, 6.07) is 6.91. The van der Waals surface area contributed by atoms with Crippen LogP contribution in [0.1, 0.15) is 71.3 Å². The van der Waals surface area contributed by atoms with Gasteiger partial charge in [-0.3, -0.25) is 4.79 Å². The molecule has 1 aromatic carbocycles. The molecule has 0 saturated heterocycles. The van der Waals surface area contributed by atoms with Crippen molar-refractivity contribution in [1.82, 2.24) is 0 Å². The van der Waals surface area contributed by atoms with E-state index in [0.717, 1.165) is 44.1 Å². The fourth-order valence-corrected chi connectivity index (χ4v) is 7.35. The van der Waals surface area contributed by atoms with Crippen LogP contribution in [0.5, 0.6) is 0 Å². The third-order valence-corrected chi connectivity index (χ3v) is 9.40. The van der Waals surface area contributed by atoms with Gasteiger partial charge < -0.3 is 0 Å². The van der Waals surface area contributed by atoms with E-state index in [4.69, 9.17) is 0 Å². The van der Waals surface area contributed by atoms with Crippen molar-refractivity contribution in [2.75, 3.05) is 0 Å². The molecule has 160 valence electrons. The Morgan fingerprint density at radius 1 is 1.03 bits per heavy atom. The van der Waals surface area contributed by atoms with Gasteiger partial charge in [0.25, 0.3) is 0 Å². The molecule has 0 amide bonds. The maximum absolute atomic E-state index is 12.9. The van der Waals surface area contributed by atoms with Crippen LogP contribution in [-0.4, -0.2) is 14.2 Å². The molecule has 3 aliphatic carbocycles. The van der Waals surface area contributed by atoms with Gasteiger partial charge in [-0.25, -0.2) is 8.42 Å². The highest BCUT2D eigenvalue weighted by Crippen LogP contribution is 2.65. The van der Waals surface area contributed by atoms with Crippen LogP contribution in [0, 0.1) is 40.3 Å². The Bertz CT molecular complexity index is 1070. The summed E-state index contributed by atoms with van der Waals surface area (Å²) in [4.78, 5) is 12.9. The van der Waals surface area contributed by atoms with E-state index < -0.39 is 9.84 Å². The number of carbonyl (C=O) groups excluding carboxylic acids is 1. The van der Waals surface area contributed by atoms with Crippen LogP contribution in [0.4, 0.5) is 0 Å². The minimum Gasteiger partial charge on any atom is -0.299 e. The summed E-state index contributed by atoms with van der Waals surface area (Å²) in [5, 5.41) is 2.71. The van der Waals surface area contributed by atoms with E-state index in [2.05, 4.69) is 38.0 Å². The average Bonchev–Trinajstić information content (AvgIpc) is 2.70. The van der Waals surface area contributed by atoms with Crippen LogP contribution < -0.4 is 0 Å². The van der Waals surface area contributed by atoms with Gasteiger partial charge in [-0.1, -0.05) is 50.5 Å². The van der Waals surface area contributed by atoms with Crippen molar-refractivity contribution in [3.8, 4) is 11.2 Å². The summed E-state index contributed by atoms with van der Waals surface area (Å²) in [5.41, 5.74) is 1.54. The zero-order valence-electron chi connectivity index (χ0n) is 18.5. The lowest BCUT2D eigenvalue weighted by Gasteiger charge is -2.59. The summed E-state index contributed by atoms with van der Waals surface area (Å²) < 4.78 is 25.9. The van der Waals surface area contributed by atoms with Gasteiger partial charge in [0.1, 0.15) is 5.78 Å². The van der Waals surface area contributed by atoms with Crippen LogP contribution in [0.25, 0.3) is 0 Å². The molecule has 3 aliphatic rings. The van der Waals surface area contributed by atoms with Crippen molar-refractivity contribution in [3.63, 3.8) is 0 Å². The van der Waals surface area contributed by atoms with E-state index in [0.29, 0.717) is 18.1 Å². The molecule has 3 nitrogen and oxygen atoms in total. The Labute approximate surface area is 181 Å². The van der Waals surface area contributed by atoms with E-state index in [1.807, 2.05) is 19.1 Å². The zero-order chi connectivity index (χ0) is 21.8. The standard InChI is InChI=1S/C26H32O3S/c1-19-8-10-20(11-9-19)30(28,29)18-17-26-14-6-5-7-22(26)25(4)15-13-23(27)24(2,3)21(25)12-16-26/h7-11,21H,5-6,12-16H2,1-4H3/t21?,25-,26+/m0/s1. The maximum atomic E-state index is 12.9. The Morgan fingerprint density at radius 2 is 1.73 bits per heavy atom. The second-order valence-electron chi connectivity index (χ2n) is 10.3. The van der Waals surface area contributed by atoms with Crippen LogP contribution in [0.15, 0.2) is 40.8 Å². The molecule has 1 unspecified atom stereocenters. The van der Waals surface area contributed by atoms with Crippen molar-refractivity contribution in [3.05, 3.63) is 41.5 Å². The van der Waals surface area contributed by atoms with E-state index in [1.54, 1.807) is 12.1 Å². The number of ketones is 1. The lowest BCUT2D eigenvalue weighted by Crippen LogP contribution is -2.54. The predicted molar refractivity (Wildman–Crippen MR) is 119 cm³/mol. The lowest BCUT2D eigenvalue weighted by molar-refractivity contribution is -0.141. The Kier molecular flexibility index (Phi) is 5.05. The fourth-order valence-electron chi connectivity index (χ4n) is 6.41. The van der Waals surface area contributed by atoms with Gasteiger partial charge in [0, 0.05) is 17.1 Å². The van der Waals surface area contributed by atoms with E-state index in [-0.39, 0.29) is 21.1 Å². The fraction of sp³-hybridized carbons (Fsp3) is 0.577. The number of aryl methyl sites for hydroxylation is 1. The van der Waals surface area contributed by atoms with Crippen LogP contribution in [0.3, 0.4) is 0 Å². The first-order valence-electron chi connectivity index (χ1n) is 11.1. The number of hydrogen-bond acceptors (Lipinski definition) is 3. The van der Waals surface area contributed by atoms with Crippen LogP contribution in [0.2, 0.25) is 0 Å². The SMILES string of the molecule is Cc1ccc(S(=O)(=O)C#C[C@]23CCCC=C2[C@@]2(C)CCC(=O)C(C)(C)C2CC3)cc1. The molecule has 0 N–H and O–H groups in total. The second-order valence-corrected chi connectivity index (χ2v) is 12.0. The predicted octanol–water partition coefficient (Wildman–Crippen LogP) is 5.63. The molecule has 2 saturated carbocycles. The van der Waals surface area contributed by atoms with Gasteiger partial charge in [0.05, 0.1) is 10.3 Å². The molecular formula is C26H32O3S. The highest BCUT2D eigenvalue weighted by atomic mass is 32.2. The van der Waals surface area contributed by atoms with Crippen LogP contribution >= 0.6 is 0 Å². The highest BCUT2D eigenvalue weighted by molar-refractivity contribution is 7.96. The summed E-state index contributed by atoms with van der Waals surface area (Å²) >= 11 is 0. The van der Waals surface area contributed by atoms with Gasteiger partial charge in [-0.2, -0.15) is 0 Å². The van der Waals surface area contributed by atoms with Crippen molar-refractivity contribution >= 4 is 15.6 Å². The molecule has 4 heteroatoms. The number of hydrogen-bond donors (Lipinski definition) is 0. The highest BCUT2D eigenvalue weighted by Gasteiger charge is 2.59. The summed E-state index contributed by atoms with van der Waals surface area (Å²) in [5.74, 6) is 3.95. The largest absolute Gasteiger partial charge is 0.299 e. The van der Waals surface area contributed by atoms with Crippen molar-refractivity contribution in [2.24, 2.45) is 22.2 Å². The quantitative estimate of drug-likeness (QED) is 0.333. The molecule has 0 radical (unpaired) electrons. The van der Waals surface area contributed by atoms with Gasteiger partial charge >= 0.3 is 0 Å². The summed E-state index contributed by atoms with van der Waals surface area (Å²) in [6.07, 6.45) is 8.49. The van der Waals surface area contributed by atoms with E-state index >= 15 is 0 Å². The third-order valence-electron chi connectivity index (χ3n) is 8.13. The van der Waals surface area contributed by atoms with Crippen LogP contribution in [-0.2, 0) is 14.6 Å². The Morgan fingerprint density at radius 3 is 2.43 bits per heavy atom. The average molecular weight is 425 g/mol. The minimum absolute atomic E-state index is 0.0849. The number of Topliss-reactive ketones (excluding diaryl/α,β-unsaturated/α-hetero) is 1. The molecule has 0 bridgehead atoms. The summed E-state index contributed by atoms with van der Waals surface area (Å²) in [7, 11) is -3.66. The molecule has 3 atom stereocenters. The minimum atomic E-state index is -3.66. The maximum Gasteiger partial charge on any atom is 0.245 e. The number of carbonyl (C=O) groups is 1. The summed E-state index contributed by atoms with van der Waals surface area (Å²) in [6.45, 7) is 8.44. The monoisotopic (exact) mass is 424 g/mol. The van der Waals surface area contributed by atoms with E-state index in [9.17, 15) is 13.2 Å². The topological polar surface area (TPSA) is 51.2 Å². The number of benzene rings is 1. The Balaban J connectivity index is 1.75. The number of fused-ring (bicyclic) bond motifs is 3. The molecule has 30 heavy (non-hydrogen) atoms. The second kappa shape index (κ2) is 7.09. The molecule has 1 aromatic rings. The molecule has 4 rings (SSSR count). The van der Waals surface area contributed by atoms with Gasteiger partial charge in [0.15, 0.2) is 0 Å². The number of rotatable bonds is 1. The molecule has 0 aromatic heterocycles. The van der Waals surface area contributed by atoms with Crippen molar-refractivity contribution in [1.29, 1.82) is 0 Å². The third kappa shape index (κ3) is 3.26. The number of allylic oxidation sites excluding steroid dienone is 2. The molecule has 2 fully saturated rings. The normalized spacial score (nSPS) is 32.9. The first-order chi connectivity index (χ1) is 14.0. The van der Waals surface area contributed by atoms with Gasteiger partial charge in [-0.15, -0.1) is 0 Å². The molecule has 0 aliphatic heterocycles. The lowest BCUT2D eigenvalue weighted by atomic mass is 9.44. The molecule has 0 spiro atoms. The Hall–Kier alpha value is -1.86. The smallest absolute Gasteiger partial charge is 0.245 e. The van der Waals surface area contributed by atoms with E-state index in [1.165, 1.54) is 5.57 Å². The van der Waals surface area contributed by atoms with Crippen molar-refractivity contribution in [2.45, 2.75) is 77.5 Å². The van der Waals surface area contributed by atoms with Gasteiger partial charge in [0.2, 0.25) is 9.84 Å². The first kappa shape index (κ1) is 21.4. The first-order valence-corrected chi connectivity index (χ1v) is 12.6. The number of sulfone groups is 1. The van der Waals surface area contributed by atoms with Crippen molar-refractivity contribution < 1.29 is 13.2 Å².